The van der Waals surface area contributed by atoms with Crippen LogP contribution in [0.25, 0.3) is 0 Å². The van der Waals surface area contributed by atoms with Crippen LogP contribution in [-0.2, 0) is 0 Å². The van der Waals surface area contributed by atoms with Crippen LogP contribution in [-0.4, -0.2) is 48.7 Å². The Morgan fingerprint density at radius 3 is 2.50 bits per heavy atom. The summed E-state index contributed by atoms with van der Waals surface area (Å²) < 4.78 is 0. The van der Waals surface area contributed by atoms with E-state index in [4.69, 9.17) is 5.41 Å². The highest BCUT2D eigenvalue weighted by Crippen LogP contribution is 2.10. The van der Waals surface area contributed by atoms with E-state index in [9.17, 15) is 0 Å². The monoisotopic (exact) mass is 221 g/mol. The first kappa shape index (κ1) is 13.0. The van der Waals surface area contributed by atoms with E-state index in [1.165, 1.54) is 18.7 Å². The first-order valence-corrected chi connectivity index (χ1v) is 5.96. The van der Waals surface area contributed by atoms with Crippen LogP contribution in [0.1, 0.15) is 20.3 Å². The van der Waals surface area contributed by atoms with Gasteiger partial charge in [0.2, 0.25) is 0 Å². The summed E-state index contributed by atoms with van der Waals surface area (Å²) in [6, 6.07) is 0. The fourth-order valence-corrected chi connectivity index (χ4v) is 1.90. The molecule has 0 amide bonds. The van der Waals surface area contributed by atoms with E-state index in [0.29, 0.717) is 5.71 Å². The van der Waals surface area contributed by atoms with E-state index in [1.54, 1.807) is 6.92 Å². The van der Waals surface area contributed by atoms with E-state index in [-0.39, 0.29) is 0 Å². The summed E-state index contributed by atoms with van der Waals surface area (Å²) in [4.78, 5) is 4.78. The van der Waals surface area contributed by atoms with Crippen LogP contribution in [0.4, 0.5) is 0 Å². The molecule has 1 heterocycles. The zero-order chi connectivity index (χ0) is 12.0. The Morgan fingerprint density at radius 1 is 1.12 bits per heavy atom. The standard InChI is InChI=1S/C13H23N3/c1-4-13(7-6-12(2)14)16-9-5-8-15(3)10-11-16/h4,6-7,14H,5,8-11H2,1-3H3/b7-6-,13-4?,14-12?. The molecule has 1 fully saturated rings. The summed E-state index contributed by atoms with van der Waals surface area (Å²) in [5.74, 6) is 0. The van der Waals surface area contributed by atoms with Gasteiger partial charge in [-0.2, -0.15) is 0 Å². The molecule has 16 heavy (non-hydrogen) atoms. The van der Waals surface area contributed by atoms with Crippen LogP contribution in [0.5, 0.6) is 0 Å². The lowest BCUT2D eigenvalue weighted by molar-refractivity contribution is 0.330. The van der Waals surface area contributed by atoms with Crippen molar-refractivity contribution in [3.05, 3.63) is 23.9 Å². The zero-order valence-corrected chi connectivity index (χ0v) is 10.7. The van der Waals surface area contributed by atoms with Crippen molar-refractivity contribution in [3.8, 4) is 0 Å². The third-order valence-corrected chi connectivity index (χ3v) is 2.88. The van der Waals surface area contributed by atoms with Crippen molar-refractivity contribution < 1.29 is 0 Å². The van der Waals surface area contributed by atoms with Gasteiger partial charge in [-0.3, -0.25) is 0 Å². The number of allylic oxidation sites excluding steroid dienone is 3. The van der Waals surface area contributed by atoms with Crippen LogP contribution >= 0.6 is 0 Å². The number of rotatable bonds is 3. The van der Waals surface area contributed by atoms with E-state index >= 15 is 0 Å². The van der Waals surface area contributed by atoms with Crippen molar-refractivity contribution >= 4 is 5.71 Å². The molecule has 0 aromatic carbocycles. The average molecular weight is 221 g/mol. The Balaban J connectivity index is 2.62. The van der Waals surface area contributed by atoms with Gasteiger partial charge in [-0.15, -0.1) is 0 Å². The Hall–Kier alpha value is -1.09. The molecule has 1 N–H and O–H groups in total. The van der Waals surface area contributed by atoms with Crippen molar-refractivity contribution in [2.24, 2.45) is 0 Å². The number of nitrogens with zero attached hydrogens (tertiary/aromatic N) is 2. The SMILES string of the molecule is CC=C(/C=C\C(C)=N)N1CCCN(C)CC1. The lowest BCUT2D eigenvalue weighted by Crippen LogP contribution is -2.27. The quantitative estimate of drug-likeness (QED) is 0.584. The molecule has 90 valence electrons. The number of nitrogens with one attached hydrogen (secondary N) is 1. The van der Waals surface area contributed by atoms with E-state index in [1.807, 2.05) is 12.2 Å². The van der Waals surface area contributed by atoms with Crippen molar-refractivity contribution in [1.29, 1.82) is 5.41 Å². The van der Waals surface area contributed by atoms with Gasteiger partial charge in [0, 0.05) is 31.0 Å². The second-order valence-electron chi connectivity index (χ2n) is 4.37. The van der Waals surface area contributed by atoms with Gasteiger partial charge in [0.25, 0.3) is 0 Å². The minimum absolute atomic E-state index is 0.603. The van der Waals surface area contributed by atoms with Crippen LogP contribution in [0, 0.1) is 5.41 Å². The Kier molecular flexibility index (Phi) is 5.26. The minimum Gasteiger partial charge on any atom is -0.370 e. The highest BCUT2D eigenvalue weighted by molar-refractivity contribution is 5.90. The highest BCUT2D eigenvalue weighted by atomic mass is 15.2. The van der Waals surface area contributed by atoms with E-state index < -0.39 is 0 Å². The summed E-state index contributed by atoms with van der Waals surface area (Å²) in [6.45, 7) is 8.37. The maximum atomic E-state index is 7.41. The molecule has 0 aromatic rings. The molecule has 0 aliphatic carbocycles. The number of hydrogen-bond donors (Lipinski definition) is 1. The van der Waals surface area contributed by atoms with Gasteiger partial charge in [0.05, 0.1) is 0 Å². The zero-order valence-electron chi connectivity index (χ0n) is 10.7. The predicted octanol–water partition coefficient (Wildman–Crippen LogP) is 2.12. The molecule has 0 saturated carbocycles. The minimum atomic E-state index is 0.603. The van der Waals surface area contributed by atoms with Gasteiger partial charge in [0.15, 0.2) is 0 Å². The third-order valence-electron chi connectivity index (χ3n) is 2.88. The molecule has 1 rings (SSSR count). The molecule has 1 saturated heterocycles. The first-order chi connectivity index (χ1) is 7.63. The van der Waals surface area contributed by atoms with Gasteiger partial charge in [-0.1, -0.05) is 6.08 Å². The molecule has 0 aromatic heterocycles. The lowest BCUT2D eigenvalue weighted by Gasteiger charge is -2.23. The fourth-order valence-electron chi connectivity index (χ4n) is 1.90. The van der Waals surface area contributed by atoms with Crippen molar-refractivity contribution in [3.63, 3.8) is 0 Å². The summed E-state index contributed by atoms with van der Waals surface area (Å²) in [5.41, 5.74) is 1.84. The first-order valence-electron chi connectivity index (χ1n) is 5.96. The van der Waals surface area contributed by atoms with Gasteiger partial charge in [-0.05, 0) is 46.0 Å². The second-order valence-corrected chi connectivity index (χ2v) is 4.37. The van der Waals surface area contributed by atoms with Crippen LogP contribution in [0.2, 0.25) is 0 Å². The molecule has 0 atom stereocenters. The summed E-state index contributed by atoms with van der Waals surface area (Å²) >= 11 is 0. The normalized spacial score (nSPS) is 20.2. The van der Waals surface area contributed by atoms with Gasteiger partial charge < -0.3 is 15.2 Å². The van der Waals surface area contributed by atoms with E-state index in [0.717, 1.165) is 19.6 Å². The average Bonchev–Trinajstić information content (AvgIpc) is 2.44. The molecule has 3 nitrogen and oxygen atoms in total. The topological polar surface area (TPSA) is 30.3 Å². The van der Waals surface area contributed by atoms with E-state index in [2.05, 4.69) is 29.8 Å². The molecule has 0 unspecified atom stereocenters. The molecule has 0 spiro atoms. The van der Waals surface area contributed by atoms with Gasteiger partial charge >= 0.3 is 0 Å². The van der Waals surface area contributed by atoms with Gasteiger partial charge in [0.1, 0.15) is 0 Å². The molecule has 0 radical (unpaired) electrons. The van der Waals surface area contributed by atoms with Crippen molar-refractivity contribution in [2.75, 3.05) is 33.2 Å². The number of likely N-dealkylation sites (N-methyl/N-ethyl adjacent to an activating group) is 1. The van der Waals surface area contributed by atoms with Crippen molar-refractivity contribution in [1.82, 2.24) is 9.80 Å². The molecule has 1 aliphatic rings. The Morgan fingerprint density at radius 2 is 1.88 bits per heavy atom. The molecule has 0 bridgehead atoms. The molecule has 3 heteroatoms. The molecular formula is C13H23N3. The summed E-state index contributed by atoms with van der Waals surface area (Å²) in [7, 11) is 2.18. The lowest BCUT2D eigenvalue weighted by atomic mass is 10.2. The summed E-state index contributed by atoms with van der Waals surface area (Å²) in [6.07, 6.45) is 7.26. The van der Waals surface area contributed by atoms with Crippen molar-refractivity contribution in [2.45, 2.75) is 20.3 Å². The summed E-state index contributed by atoms with van der Waals surface area (Å²) in [5, 5.41) is 7.41. The smallest absolute Gasteiger partial charge is 0.0323 e. The maximum Gasteiger partial charge on any atom is 0.0323 e. The Bertz CT molecular complexity index is 292. The van der Waals surface area contributed by atoms with Crippen LogP contribution in [0.3, 0.4) is 0 Å². The fraction of sp³-hybridized carbons (Fsp3) is 0.615. The highest BCUT2D eigenvalue weighted by Gasteiger charge is 2.12. The van der Waals surface area contributed by atoms with Crippen LogP contribution < -0.4 is 0 Å². The largest absolute Gasteiger partial charge is 0.370 e. The Labute approximate surface area is 98.9 Å². The molecular weight excluding hydrogens is 198 g/mol. The maximum absolute atomic E-state index is 7.41. The van der Waals surface area contributed by atoms with Gasteiger partial charge in [-0.25, -0.2) is 0 Å². The second kappa shape index (κ2) is 6.48. The third kappa shape index (κ3) is 4.19. The predicted molar refractivity (Wildman–Crippen MR) is 70.0 cm³/mol. The number of hydrogen-bond acceptors (Lipinski definition) is 3. The van der Waals surface area contributed by atoms with Crippen LogP contribution in [0.15, 0.2) is 23.9 Å². The molecule has 1 aliphatic heterocycles.